The van der Waals surface area contributed by atoms with E-state index < -0.39 is 0 Å². The lowest BCUT2D eigenvalue weighted by Crippen LogP contribution is -2.37. The van der Waals surface area contributed by atoms with Crippen LogP contribution in [0.3, 0.4) is 0 Å². The maximum absolute atomic E-state index is 11.9. The Hall–Kier alpha value is -1.83. The molecule has 0 saturated carbocycles. The van der Waals surface area contributed by atoms with Gasteiger partial charge >= 0.3 is 6.03 Å². The predicted molar refractivity (Wildman–Crippen MR) is 71.2 cm³/mol. The van der Waals surface area contributed by atoms with Gasteiger partial charge in [-0.1, -0.05) is 13.3 Å². The number of amides is 1. The molecular formula is C11H20N6O2. The van der Waals surface area contributed by atoms with E-state index in [1.165, 1.54) is 0 Å². The molecular weight excluding hydrogens is 248 g/mol. The minimum atomic E-state index is -0.335. The van der Waals surface area contributed by atoms with Crippen molar-refractivity contribution >= 4 is 17.9 Å². The number of hydrogen-bond acceptors (Lipinski definition) is 6. The summed E-state index contributed by atoms with van der Waals surface area (Å²) in [6.07, 6.45) is 1.95. The van der Waals surface area contributed by atoms with Crippen molar-refractivity contribution in [3.8, 4) is 0 Å². The number of nitrogens with two attached hydrogens (primary N) is 1. The summed E-state index contributed by atoms with van der Waals surface area (Å²) >= 11 is 0. The molecule has 1 fully saturated rings. The fraction of sp³-hybridized carbons (Fsp3) is 0.727. The summed E-state index contributed by atoms with van der Waals surface area (Å²) in [5, 5.41) is 6.91. The molecule has 1 aliphatic rings. The summed E-state index contributed by atoms with van der Waals surface area (Å²) in [5.74, 6) is 0.585. The lowest BCUT2D eigenvalue weighted by molar-refractivity contribution is 0.122. The monoisotopic (exact) mass is 268 g/mol. The Labute approximate surface area is 111 Å². The van der Waals surface area contributed by atoms with Crippen LogP contribution in [0.15, 0.2) is 0 Å². The van der Waals surface area contributed by atoms with Gasteiger partial charge in [0.15, 0.2) is 0 Å². The second-order valence-electron chi connectivity index (χ2n) is 4.37. The zero-order valence-corrected chi connectivity index (χ0v) is 11.1. The molecule has 0 atom stereocenters. The number of anilines is 2. The summed E-state index contributed by atoms with van der Waals surface area (Å²) in [6, 6.07) is -0.335. The van der Waals surface area contributed by atoms with E-state index in [1.54, 1.807) is 0 Å². The van der Waals surface area contributed by atoms with E-state index >= 15 is 0 Å². The first-order valence-corrected chi connectivity index (χ1v) is 6.55. The number of nitrogen functional groups attached to an aromatic ring is 1. The van der Waals surface area contributed by atoms with Crippen molar-refractivity contribution in [2.24, 2.45) is 0 Å². The number of nitrogens with one attached hydrogen (secondary N) is 1. The molecule has 1 aromatic rings. The molecule has 0 aromatic carbocycles. The molecule has 1 aromatic heterocycles. The van der Waals surface area contributed by atoms with E-state index in [0.717, 1.165) is 17.5 Å². The lowest BCUT2D eigenvalue weighted by Gasteiger charge is -2.25. The number of carbonyl (C=O) groups excluding carboxylic acids is 1. The zero-order valence-electron chi connectivity index (χ0n) is 11.1. The molecule has 0 unspecified atom stereocenters. The highest BCUT2D eigenvalue weighted by molar-refractivity contribution is 5.78. The van der Waals surface area contributed by atoms with Gasteiger partial charge in [-0.15, -0.1) is 9.78 Å². The zero-order chi connectivity index (χ0) is 13.7. The van der Waals surface area contributed by atoms with Crippen molar-refractivity contribution in [1.29, 1.82) is 0 Å². The first-order valence-electron chi connectivity index (χ1n) is 6.55. The van der Waals surface area contributed by atoms with Crippen LogP contribution in [0.5, 0.6) is 0 Å². The first-order chi connectivity index (χ1) is 9.22. The third-order valence-corrected chi connectivity index (χ3v) is 2.91. The SMILES string of the molecule is CCCCNC(=O)n1nc(N2CCOCC2)nc1N. The third-order valence-electron chi connectivity index (χ3n) is 2.91. The van der Waals surface area contributed by atoms with Crippen LogP contribution in [0, 0.1) is 0 Å². The number of hydrogen-bond donors (Lipinski definition) is 2. The van der Waals surface area contributed by atoms with Gasteiger partial charge in [0.25, 0.3) is 0 Å². The summed E-state index contributed by atoms with van der Waals surface area (Å²) in [7, 11) is 0. The molecule has 106 valence electrons. The van der Waals surface area contributed by atoms with Gasteiger partial charge in [0, 0.05) is 19.6 Å². The Morgan fingerprint density at radius 2 is 2.21 bits per heavy atom. The number of unbranched alkanes of at least 4 members (excludes halogenated alkanes) is 1. The molecule has 3 N–H and O–H groups in total. The van der Waals surface area contributed by atoms with Crippen molar-refractivity contribution in [2.75, 3.05) is 43.5 Å². The summed E-state index contributed by atoms with van der Waals surface area (Å²) in [5.41, 5.74) is 5.72. The largest absolute Gasteiger partial charge is 0.378 e. The van der Waals surface area contributed by atoms with Crippen LogP contribution >= 0.6 is 0 Å². The molecule has 2 rings (SSSR count). The molecule has 1 aliphatic heterocycles. The normalized spacial score (nSPS) is 15.5. The number of aromatic nitrogens is 3. The van der Waals surface area contributed by atoms with Crippen molar-refractivity contribution in [3.63, 3.8) is 0 Å². The van der Waals surface area contributed by atoms with E-state index in [4.69, 9.17) is 10.5 Å². The molecule has 19 heavy (non-hydrogen) atoms. The van der Waals surface area contributed by atoms with Gasteiger partial charge in [0.1, 0.15) is 0 Å². The lowest BCUT2D eigenvalue weighted by atomic mass is 10.3. The van der Waals surface area contributed by atoms with Gasteiger partial charge < -0.3 is 20.7 Å². The topological polar surface area (TPSA) is 98.3 Å². The minimum absolute atomic E-state index is 0.107. The predicted octanol–water partition coefficient (Wildman–Crippen LogP) is 0.0547. The van der Waals surface area contributed by atoms with Crippen molar-refractivity contribution in [1.82, 2.24) is 20.1 Å². The van der Waals surface area contributed by atoms with Crippen LogP contribution in [0.2, 0.25) is 0 Å². The molecule has 8 nitrogen and oxygen atoms in total. The molecule has 0 radical (unpaired) electrons. The summed E-state index contributed by atoms with van der Waals surface area (Å²) in [6.45, 7) is 5.37. The molecule has 2 heterocycles. The molecule has 8 heteroatoms. The Morgan fingerprint density at radius 1 is 1.47 bits per heavy atom. The van der Waals surface area contributed by atoms with Crippen molar-refractivity contribution < 1.29 is 9.53 Å². The standard InChI is InChI=1S/C11H20N6O2/c1-2-3-4-13-11(18)17-9(12)14-10(15-17)16-5-7-19-8-6-16/h2-8H2,1H3,(H,13,18)(H2,12,14,15). The number of nitrogens with zero attached hydrogens (tertiary/aromatic N) is 4. The Kier molecular flexibility index (Phi) is 4.56. The van der Waals surface area contributed by atoms with Crippen molar-refractivity contribution in [2.45, 2.75) is 19.8 Å². The Balaban J connectivity index is 2.01. The van der Waals surface area contributed by atoms with Gasteiger partial charge in [-0.2, -0.15) is 4.98 Å². The Bertz CT molecular complexity index is 427. The third kappa shape index (κ3) is 3.34. The molecule has 0 bridgehead atoms. The first kappa shape index (κ1) is 13.6. The number of morpholine rings is 1. The van der Waals surface area contributed by atoms with E-state index in [2.05, 4.69) is 22.3 Å². The number of rotatable bonds is 4. The second-order valence-corrected chi connectivity index (χ2v) is 4.37. The van der Waals surface area contributed by atoms with Crippen LogP contribution in [0.4, 0.5) is 16.7 Å². The number of ether oxygens (including phenoxy) is 1. The molecule has 0 aliphatic carbocycles. The second kappa shape index (κ2) is 6.37. The smallest absolute Gasteiger partial charge is 0.345 e. The van der Waals surface area contributed by atoms with Crippen LogP contribution < -0.4 is 16.0 Å². The minimum Gasteiger partial charge on any atom is -0.378 e. The van der Waals surface area contributed by atoms with Crippen LogP contribution in [-0.2, 0) is 4.74 Å². The van der Waals surface area contributed by atoms with Crippen LogP contribution in [0.1, 0.15) is 19.8 Å². The van der Waals surface area contributed by atoms with Gasteiger partial charge in [0.2, 0.25) is 11.9 Å². The highest BCUT2D eigenvalue weighted by Crippen LogP contribution is 2.12. The summed E-state index contributed by atoms with van der Waals surface area (Å²) in [4.78, 5) is 17.9. The summed E-state index contributed by atoms with van der Waals surface area (Å²) < 4.78 is 6.37. The average Bonchev–Trinajstić information content (AvgIpc) is 2.82. The Morgan fingerprint density at radius 3 is 2.89 bits per heavy atom. The maximum atomic E-state index is 11.9. The fourth-order valence-corrected chi connectivity index (χ4v) is 1.81. The molecule has 0 spiro atoms. The maximum Gasteiger partial charge on any atom is 0.345 e. The van der Waals surface area contributed by atoms with Gasteiger partial charge in [-0.25, -0.2) is 4.79 Å². The van der Waals surface area contributed by atoms with Crippen LogP contribution in [0.25, 0.3) is 0 Å². The highest BCUT2D eigenvalue weighted by atomic mass is 16.5. The highest BCUT2D eigenvalue weighted by Gasteiger charge is 2.19. The van der Waals surface area contributed by atoms with Gasteiger partial charge in [-0.3, -0.25) is 0 Å². The molecule has 1 saturated heterocycles. The number of carbonyl (C=O) groups is 1. The van der Waals surface area contributed by atoms with Gasteiger partial charge in [0.05, 0.1) is 13.2 Å². The van der Waals surface area contributed by atoms with E-state index in [0.29, 0.717) is 38.8 Å². The van der Waals surface area contributed by atoms with Gasteiger partial charge in [-0.05, 0) is 6.42 Å². The van der Waals surface area contributed by atoms with E-state index in [9.17, 15) is 4.79 Å². The quantitative estimate of drug-likeness (QED) is 0.749. The van der Waals surface area contributed by atoms with Crippen molar-refractivity contribution in [3.05, 3.63) is 0 Å². The van der Waals surface area contributed by atoms with Crippen LogP contribution in [-0.4, -0.2) is 53.6 Å². The fourth-order valence-electron chi connectivity index (χ4n) is 1.81. The average molecular weight is 268 g/mol. The molecule has 1 amide bonds. The van der Waals surface area contributed by atoms with E-state index in [1.807, 2.05) is 4.90 Å². The van der Waals surface area contributed by atoms with E-state index in [-0.39, 0.29) is 12.0 Å².